The molecule has 82 valence electrons. The number of allylic oxidation sites excluding steroid dienone is 1. The average Bonchev–Trinajstić information content (AvgIpc) is 2.56. The second-order valence-electron chi connectivity index (χ2n) is 3.86. The third-order valence-electron chi connectivity index (χ3n) is 2.71. The first kappa shape index (κ1) is 10.6. The number of imide groups is 1. The number of rotatable bonds is 1. The van der Waals surface area contributed by atoms with E-state index in [4.69, 9.17) is 0 Å². The summed E-state index contributed by atoms with van der Waals surface area (Å²) in [5, 5.41) is 0. The van der Waals surface area contributed by atoms with E-state index in [0.717, 1.165) is 5.56 Å². The van der Waals surface area contributed by atoms with Gasteiger partial charge in [0, 0.05) is 5.57 Å². The predicted octanol–water partition coefficient (Wildman–Crippen LogP) is 2.20. The van der Waals surface area contributed by atoms with Crippen LogP contribution in [0, 0.1) is 6.92 Å². The standard InChI is InChI=1S/C13H13NO2/c1-3-10-8-12(15)14(13(10)16)11-6-4-9(2)5-7-11/h3-7H,8H2,1-2H3/b10-3+. The number of nitrogens with zero attached hydrogens (tertiary/aromatic N) is 1. The maximum Gasteiger partial charge on any atom is 0.261 e. The van der Waals surface area contributed by atoms with Crippen LogP contribution in [0.4, 0.5) is 5.69 Å². The van der Waals surface area contributed by atoms with Gasteiger partial charge in [0.1, 0.15) is 0 Å². The number of amides is 2. The van der Waals surface area contributed by atoms with Crippen LogP contribution in [0.2, 0.25) is 0 Å². The first-order valence-electron chi connectivity index (χ1n) is 5.22. The molecule has 1 fully saturated rings. The number of aryl methyl sites for hydroxylation is 1. The van der Waals surface area contributed by atoms with Gasteiger partial charge in [-0.05, 0) is 26.0 Å². The van der Waals surface area contributed by atoms with Gasteiger partial charge in [0.25, 0.3) is 5.91 Å². The molecule has 0 unspecified atom stereocenters. The van der Waals surface area contributed by atoms with Crippen LogP contribution in [-0.2, 0) is 9.59 Å². The number of carbonyl (C=O) groups excluding carboxylic acids is 2. The smallest absolute Gasteiger partial charge is 0.261 e. The van der Waals surface area contributed by atoms with E-state index in [1.54, 1.807) is 25.1 Å². The highest BCUT2D eigenvalue weighted by Crippen LogP contribution is 2.25. The minimum atomic E-state index is -0.198. The van der Waals surface area contributed by atoms with Crippen LogP contribution in [-0.4, -0.2) is 11.8 Å². The minimum Gasteiger partial charge on any atom is -0.274 e. The normalized spacial score (nSPS) is 18.6. The summed E-state index contributed by atoms with van der Waals surface area (Å²) in [6.07, 6.45) is 1.91. The Morgan fingerprint density at radius 1 is 1.19 bits per heavy atom. The Bertz CT molecular complexity index is 471. The first-order chi connectivity index (χ1) is 7.63. The largest absolute Gasteiger partial charge is 0.274 e. The SMILES string of the molecule is C/C=C1\CC(=O)N(c2ccc(C)cc2)C1=O. The molecule has 2 amide bonds. The van der Waals surface area contributed by atoms with Gasteiger partial charge in [-0.15, -0.1) is 0 Å². The predicted molar refractivity (Wildman–Crippen MR) is 62.0 cm³/mol. The number of benzene rings is 1. The molecule has 0 N–H and O–H groups in total. The summed E-state index contributed by atoms with van der Waals surface area (Å²) in [6.45, 7) is 3.74. The Labute approximate surface area is 94.4 Å². The van der Waals surface area contributed by atoms with Crippen LogP contribution in [0.5, 0.6) is 0 Å². The quantitative estimate of drug-likeness (QED) is 0.532. The molecular weight excluding hydrogens is 202 g/mol. The maximum atomic E-state index is 11.9. The van der Waals surface area contributed by atoms with Crippen molar-refractivity contribution in [2.45, 2.75) is 20.3 Å². The van der Waals surface area contributed by atoms with Crippen LogP contribution in [0.1, 0.15) is 18.9 Å². The molecule has 0 radical (unpaired) electrons. The lowest BCUT2D eigenvalue weighted by molar-refractivity contribution is -0.120. The summed E-state index contributed by atoms with van der Waals surface area (Å²) in [5.41, 5.74) is 2.33. The Morgan fingerprint density at radius 3 is 2.31 bits per heavy atom. The number of hydrogen-bond acceptors (Lipinski definition) is 2. The van der Waals surface area contributed by atoms with Gasteiger partial charge in [0.2, 0.25) is 5.91 Å². The fraction of sp³-hybridized carbons (Fsp3) is 0.231. The van der Waals surface area contributed by atoms with Gasteiger partial charge in [-0.1, -0.05) is 23.8 Å². The molecule has 0 atom stereocenters. The van der Waals surface area contributed by atoms with E-state index in [1.807, 2.05) is 19.1 Å². The van der Waals surface area contributed by atoms with E-state index < -0.39 is 0 Å². The van der Waals surface area contributed by atoms with E-state index in [-0.39, 0.29) is 18.2 Å². The van der Waals surface area contributed by atoms with Gasteiger partial charge in [-0.2, -0.15) is 0 Å². The molecule has 0 aliphatic carbocycles. The van der Waals surface area contributed by atoms with Crippen molar-refractivity contribution in [1.29, 1.82) is 0 Å². The van der Waals surface area contributed by atoms with E-state index >= 15 is 0 Å². The Kier molecular flexibility index (Phi) is 2.60. The van der Waals surface area contributed by atoms with Crippen LogP contribution >= 0.6 is 0 Å². The highest BCUT2D eigenvalue weighted by Gasteiger charge is 2.34. The molecular formula is C13H13NO2. The summed E-state index contributed by atoms with van der Waals surface area (Å²) in [7, 11) is 0. The fourth-order valence-electron chi connectivity index (χ4n) is 1.76. The summed E-state index contributed by atoms with van der Waals surface area (Å²) in [5.74, 6) is -0.349. The summed E-state index contributed by atoms with van der Waals surface area (Å²) in [6, 6.07) is 7.38. The third kappa shape index (κ3) is 1.65. The zero-order valence-corrected chi connectivity index (χ0v) is 9.36. The van der Waals surface area contributed by atoms with Gasteiger partial charge >= 0.3 is 0 Å². The summed E-state index contributed by atoms with van der Waals surface area (Å²) in [4.78, 5) is 24.8. The molecule has 3 nitrogen and oxygen atoms in total. The maximum absolute atomic E-state index is 11.9. The van der Waals surface area contributed by atoms with Crippen LogP contribution in [0.25, 0.3) is 0 Å². The van der Waals surface area contributed by atoms with Crippen molar-refractivity contribution in [3.05, 3.63) is 41.5 Å². The van der Waals surface area contributed by atoms with Gasteiger partial charge in [-0.3, -0.25) is 9.59 Å². The van der Waals surface area contributed by atoms with Crippen molar-refractivity contribution in [3.8, 4) is 0 Å². The highest BCUT2D eigenvalue weighted by atomic mass is 16.2. The van der Waals surface area contributed by atoms with E-state index in [1.165, 1.54) is 4.90 Å². The fourth-order valence-corrected chi connectivity index (χ4v) is 1.76. The molecule has 1 aliphatic heterocycles. The molecule has 16 heavy (non-hydrogen) atoms. The Balaban J connectivity index is 2.38. The lowest BCUT2D eigenvalue weighted by Crippen LogP contribution is -2.28. The number of hydrogen-bond donors (Lipinski definition) is 0. The minimum absolute atomic E-state index is 0.151. The van der Waals surface area contributed by atoms with E-state index in [0.29, 0.717) is 11.3 Å². The van der Waals surface area contributed by atoms with Gasteiger partial charge in [-0.25, -0.2) is 4.90 Å². The Hall–Kier alpha value is -1.90. The van der Waals surface area contributed by atoms with Crippen molar-refractivity contribution < 1.29 is 9.59 Å². The molecule has 1 aliphatic rings. The molecule has 2 rings (SSSR count). The van der Waals surface area contributed by atoms with E-state index in [2.05, 4.69) is 0 Å². The molecule has 0 spiro atoms. The average molecular weight is 215 g/mol. The van der Waals surface area contributed by atoms with Crippen molar-refractivity contribution in [2.24, 2.45) is 0 Å². The molecule has 1 aromatic rings. The first-order valence-corrected chi connectivity index (χ1v) is 5.22. The van der Waals surface area contributed by atoms with Crippen molar-refractivity contribution in [3.63, 3.8) is 0 Å². The lowest BCUT2D eigenvalue weighted by Gasteiger charge is -2.13. The number of carbonyl (C=O) groups is 2. The molecule has 1 aromatic carbocycles. The lowest BCUT2D eigenvalue weighted by atomic mass is 10.2. The zero-order chi connectivity index (χ0) is 11.7. The zero-order valence-electron chi connectivity index (χ0n) is 9.36. The second kappa shape index (κ2) is 3.93. The Morgan fingerprint density at radius 2 is 1.81 bits per heavy atom. The topological polar surface area (TPSA) is 37.4 Å². The monoisotopic (exact) mass is 215 g/mol. The van der Waals surface area contributed by atoms with Gasteiger partial charge in [0.15, 0.2) is 0 Å². The third-order valence-corrected chi connectivity index (χ3v) is 2.71. The molecule has 1 saturated heterocycles. The molecule has 0 saturated carbocycles. The van der Waals surface area contributed by atoms with Crippen molar-refractivity contribution in [2.75, 3.05) is 4.90 Å². The number of anilines is 1. The second-order valence-corrected chi connectivity index (χ2v) is 3.86. The van der Waals surface area contributed by atoms with Crippen LogP contribution < -0.4 is 4.90 Å². The van der Waals surface area contributed by atoms with Crippen LogP contribution in [0.15, 0.2) is 35.9 Å². The summed E-state index contributed by atoms with van der Waals surface area (Å²) >= 11 is 0. The van der Waals surface area contributed by atoms with E-state index in [9.17, 15) is 9.59 Å². The van der Waals surface area contributed by atoms with Gasteiger partial charge in [0.05, 0.1) is 12.1 Å². The highest BCUT2D eigenvalue weighted by molar-refractivity contribution is 6.28. The van der Waals surface area contributed by atoms with Gasteiger partial charge < -0.3 is 0 Å². The molecule has 0 aromatic heterocycles. The molecule has 1 heterocycles. The molecule has 3 heteroatoms. The van der Waals surface area contributed by atoms with Crippen molar-refractivity contribution in [1.82, 2.24) is 0 Å². The van der Waals surface area contributed by atoms with Crippen molar-refractivity contribution >= 4 is 17.5 Å². The summed E-state index contributed by atoms with van der Waals surface area (Å²) < 4.78 is 0. The van der Waals surface area contributed by atoms with Crippen LogP contribution in [0.3, 0.4) is 0 Å². The molecule has 0 bridgehead atoms.